The molecule has 1 unspecified atom stereocenters. The summed E-state index contributed by atoms with van der Waals surface area (Å²) in [6.45, 7) is 3.83. The minimum Gasteiger partial charge on any atom is -0.497 e. The van der Waals surface area contributed by atoms with Crippen molar-refractivity contribution in [2.45, 2.75) is 26.3 Å². The van der Waals surface area contributed by atoms with E-state index in [0.29, 0.717) is 17.9 Å². The Morgan fingerprint density at radius 3 is 2.64 bits per heavy atom. The maximum atomic E-state index is 12.2. The van der Waals surface area contributed by atoms with Gasteiger partial charge >= 0.3 is 5.97 Å². The number of carboxylic acids is 1. The molecule has 0 saturated carbocycles. The van der Waals surface area contributed by atoms with Gasteiger partial charge in [0.1, 0.15) is 17.5 Å². The predicted molar refractivity (Wildman–Crippen MR) is 83.2 cm³/mol. The second kappa shape index (κ2) is 6.51. The molecule has 1 aromatic carbocycles. The first-order valence-corrected chi connectivity index (χ1v) is 7.11. The largest absolute Gasteiger partial charge is 0.497 e. The van der Waals surface area contributed by atoms with E-state index in [4.69, 9.17) is 4.74 Å². The van der Waals surface area contributed by atoms with Crippen LogP contribution in [-0.4, -0.2) is 35.1 Å². The molecule has 0 fully saturated rings. The number of carbonyl (C=O) groups is 2. The first-order valence-electron chi connectivity index (χ1n) is 7.11. The number of rotatable bonds is 6. The van der Waals surface area contributed by atoms with Crippen LogP contribution in [0.3, 0.4) is 0 Å². The molecule has 1 aromatic heterocycles. The Morgan fingerprint density at radius 1 is 1.32 bits per heavy atom. The number of nitrogens with one attached hydrogen (secondary N) is 2. The third-order valence-corrected chi connectivity index (χ3v) is 3.38. The molecular formula is C16H20N2O4. The number of methoxy groups -OCH3 is 1. The van der Waals surface area contributed by atoms with Gasteiger partial charge in [-0.25, -0.2) is 4.79 Å². The fourth-order valence-corrected chi connectivity index (χ4v) is 2.29. The number of benzene rings is 1. The first-order chi connectivity index (χ1) is 10.4. The molecule has 1 atom stereocenters. The number of carboxylic acid groups (broad SMARTS) is 1. The third kappa shape index (κ3) is 3.58. The highest BCUT2D eigenvalue weighted by Gasteiger charge is 2.22. The van der Waals surface area contributed by atoms with E-state index in [0.717, 1.165) is 10.9 Å². The summed E-state index contributed by atoms with van der Waals surface area (Å²) >= 11 is 0. The summed E-state index contributed by atoms with van der Waals surface area (Å²) in [6, 6.07) is 6.20. The van der Waals surface area contributed by atoms with Crippen molar-refractivity contribution in [3.8, 4) is 5.75 Å². The van der Waals surface area contributed by atoms with Gasteiger partial charge in [0.25, 0.3) is 5.91 Å². The van der Waals surface area contributed by atoms with Crippen LogP contribution in [0, 0.1) is 5.92 Å². The van der Waals surface area contributed by atoms with Gasteiger partial charge in [0, 0.05) is 10.9 Å². The number of hydrogen-bond donors (Lipinski definition) is 3. The average molecular weight is 304 g/mol. The van der Waals surface area contributed by atoms with E-state index in [1.807, 2.05) is 26.0 Å². The summed E-state index contributed by atoms with van der Waals surface area (Å²) in [4.78, 5) is 26.4. The molecule has 118 valence electrons. The van der Waals surface area contributed by atoms with Crippen LogP contribution < -0.4 is 10.1 Å². The van der Waals surface area contributed by atoms with Gasteiger partial charge in [-0.1, -0.05) is 13.8 Å². The standard InChI is InChI=1S/C16H20N2O4/c1-9(2)6-14(16(20)21)18-15(19)13-8-10-7-11(22-3)4-5-12(10)17-13/h4-5,7-9,14,17H,6H2,1-3H3,(H,18,19)(H,20,21). The molecule has 2 aromatic rings. The Morgan fingerprint density at radius 2 is 2.05 bits per heavy atom. The van der Waals surface area contributed by atoms with E-state index in [-0.39, 0.29) is 5.92 Å². The summed E-state index contributed by atoms with van der Waals surface area (Å²) in [5.74, 6) is -0.585. The van der Waals surface area contributed by atoms with Crippen LogP contribution in [-0.2, 0) is 4.79 Å². The van der Waals surface area contributed by atoms with E-state index >= 15 is 0 Å². The SMILES string of the molecule is COc1ccc2[nH]c(C(=O)NC(CC(C)C)C(=O)O)cc2c1. The minimum absolute atomic E-state index is 0.174. The second-order valence-corrected chi connectivity index (χ2v) is 5.63. The van der Waals surface area contributed by atoms with Crippen molar-refractivity contribution in [1.82, 2.24) is 10.3 Å². The highest BCUT2D eigenvalue weighted by atomic mass is 16.5. The van der Waals surface area contributed by atoms with Crippen LogP contribution in [0.1, 0.15) is 30.8 Å². The van der Waals surface area contributed by atoms with Crippen molar-refractivity contribution in [2.24, 2.45) is 5.92 Å². The first kappa shape index (κ1) is 15.9. The summed E-state index contributed by atoms with van der Waals surface area (Å²) in [6.07, 6.45) is 0.384. The minimum atomic E-state index is -1.03. The fourth-order valence-electron chi connectivity index (χ4n) is 2.29. The number of hydrogen-bond acceptors (Lipinski definition) is 3. The zero-order chi connectivity index (χ0) is 16.3. The number of aromatic amines is 1. The lowest BCUT2D eigenvalue weighted by Crippen LogP contribution is -2.41. The van der Waals surface area contributed by atoms with Gasteiger partial charge in [0.15, 0.2) is 0 Å². The average Bonchev–Trinajstić information content (AvgIpc) is 2.88. The quantitative estimate of drug-likeness (QED) is 0.764. The monoisotopic (exact) mass is 304 g/mol. The maximum absolute atomic E-state index is 12.2. The number of ether oxygens (including phenoxy) is 1. The number of aromatic nitrogens is 1. The van der Waals surface area contributed by atoms with Gasteiger partial charge in [-0.3, -0.25) is 4.79 Å². The molecule has 0 aliphatic carbocycles. The zero-order valence-electron chi connectivity index (χ0n) is 12.8. The van der Waals surface area contributed by atoms with E-state index in [1.54, 1.807) is 19.2 Å². The highest BCUT2D eigenvalue weighted by molar-refractivity contribution is 5.99. The van der Waals surface area contributed by atoms with Gasteiger partial charge in [-0.15, -0.1) is 0 Å². The lowest BCUT2D eigenvalue weighted by atomic mass is 10.0. The molecule has 3 N–H and O–H groups in total. The molecule has 0 aliphatic heterocycles. The Balaban J connectivity index is 2.19. The smallest absolute Gasteiger partial charge is 0.326 e. The molecule has 0 bridgehead atoms. The Labute approximate surface area is 128 Å². The number of fused-ring (bicyclic) bond motifs is 1. The molecule has 6 heteroatoms. The summed E-state index contributed by atoms with van der Waals surface area (Å²) in [5, 5.41) is 12.6. The van der Waals surface area contributed by atoms with Gasteiger partial charge in [0.2, 0.25) is 0 Å². The Kier molecular flexibility index (Phi) is 4.70. The Hall–Kier alpha value is -2.50. The molecular weight excluding hydrogens is 284 g/mol. The molecule has 0 saturated heterocycles. The second-order valence-electron chi connectivity index (χ2n) is 5.63. The molecule has 0 aliphatic rings. The van der Waals surface area contributed by atoms with Gasteiger partial charge in [-0.05, 0) is 36.6 Å². The van der Waals surface area contributed by atoms with Crippen molar-refractivity contribution in [2.75, 3.05) is 7.11 Å². The molecule has 1 amide bonds. The van der Waals surface area contributed by atoms with Crippen LogP contribution in [0.25, 0.3) is 10.9 Å². The molecule has 22 heavy (non-hydrogen) atoms. The number of aliphatic carboxylic acids is 1. The van der Waals surface area contributed by atoms with Crippen LogP contribution in [0.15, 0.2) is 24.3 Å². The van der Waals surface area contributed by atoms with Gasteiger partial charge in [-0.2, -0.15) is 0 Å². The topological polar surface area (TPSA) is 91.4 Å². The summed E-state index contributed by atoms with van der Waals surface area (Å²) < 4.78 is 5.14. The van der Waals surface area contributed by atoms with Crippen LogP contribution in [0.5, 0.6) is 5.75 Å². The normalized spacial score (nSPS) is 12.4. The lowest BCUT2D eigenvalue weighted by Gasteiger charge is -2.15. The van der Waals surface area contributed by atoms with E-state index in [9.17, 15) is 14.7 Å². The maximum Gasteiger partial charge on any atom is 0.326 e. The van der Waals surface area contributed by atoms with Crippen molar-refractivity contribution < 1.29 is 19.4 Å². The van der Waals surface area contributed by atoms with E-state index in [2.05, 4.69) is 10.3 Å². The van der Waals surface area contributed by atoms with Crippen molar-refractivity contribution in [3.05, 3.63) is 30.0 Å². The van der Waals surface area contributed by atoms with Crippen LogP contribution >= 0.6 is 0 Å². The molecule has 1 heterocycles. The third-order valence-electron chi connectivity index (χ3n) is 3.38. The summed E-state index contributed by atoms with van der Waals surface area (Å²) in [7, 11) is 1.57. The van der Waals surface area contributed by atoms with Crippen molar-refractivity contribution in [3.63, 3.8) is 0 Å². The molecule has 2 rings (SSSR count). The van der Waals surface area contributed by atoms with E-state index < -0.39 is 17.9 Å². The van der Waals surface area contributed by atoms with Crippen LogP contribution in [0.2, 0.25) is 0 Å². The number of amides is 1. The van der Waals surface area contributed by atoms with Gasteiger partial charge < -0.3 is 20.1 Å². The fraction of sp³-hybridized carbons (Fsp3) is 0.375. The highest BCUT2D eigenvalue weighted by Crippen LogP contribution is 2.21. The number of carbonyl (C=O) groups excluding carboxylic acids is 1. The molecule has 0 radical (unpaired) electrons. The van der Waals surface area contributed by atoms with E-state index in [1.165, 1.54) is 0 Å². The summed E-state index contributed by atoms with van der Waals surface area (Å²) in [5.41, 5.74) is 1.12. The lowest BCUT2D eigenvalue weighted by molar-refractivity contribution is -0.139. The van der Waals surface area contributed by atoms with Crippen molar-refractivity contribution >= 4 is 22.8 Å². The molecule has 6 nitrogen and oxygen atoms in total. The zero-order valence-corrected chi connectivity index (χ0v) is 12.8. The number of H-pyrrole nitrogens is 1. The van der Waals surface area contributed by atoms with Gasteiger partial charge in [0.05, 0.1) is 7.11 Å². The Bertz CT molecular complexity index is 691. The van der Waals surface area contributed by atoms with Crippen LogP contribution in [0.4, 0.5) is 0 Å². The molecule has 0 spiro atoms. The predicted octanol–water partition coefficient (Wildman–Crippen LogP) is 2.41. The van der Waals surface area contributed by atoms with Crippen molar-refractivity contribution in [1.29, 1.82) is 0 Å².